The number of halogens is 1. The monoisotopic (exact) mass is 245 g/mol. The summed E-state index contributed by atoms with van der Waals surface area (Å²) in [4.78, 5) is 11.5. The number of amides is 1. The molecule has 0 bridgehead atoms. The van der Waals surface area contributed by atoms with Gasteiger partial charge in [0.25, 0.3) is 5.91 Å². The number of hydrogen-bond donors (Lipinski definition) is 1. The van der Waals surface area contributed by atoms with E-state index >= 15 is 0 Å². The molecule has 0 aliphatic heterocycles. The highest BCUT2D eigenvalue weighted by molar-refractivity contribution is 6.32. The third-order valence-corrected chi connectivity index (χ3v) is 2.25. The molecule has 90 valence electrons. The topological polar surface area (TPSA) is 51.5 Å². The molecule has 0 saturated heterocycles. The van der Waals surface area contributed by atoms with Crippen LogP contribution < -0.4 is 5.32 Å². The summed E-state index contributed by atoms with van der Waals surface area (Å²) < 4.78 is 10.1. The first-order valence-corrected chi connectivity index (χ1v) is 5.72. The van der Waals surface area contributed by atoms with Crippen molar-refractivity contribution in [3.8, 4) is 0 Å². The van der Waals surface area contributed by atoms with Crippen LogP contribution in [0.5, 0.6) is 0 Å². The zero-order valence-electron chi connectivity index (χ0n) is 9.29. The molecule has 1 amide bonds. The Morgan fingerprint density at radius 1 is 1.56 bits per heavy atom. The molecule has 0 saturated carbocycles. The summed E-state index contributed by atoms with van der Waals surface area (Å²) in [5.74, 6) is -0.214. The van der Waals surface area contributed by atoms with Gasteiger partial charge in [0.1, 0.15) is 0 Å². The highest BCUT2D eigenvalue weighted by atomic mass is 35.5. The fourth-order valence-corrected chi connectivity index (χ4v) is 1.37. The number of carbonyl (C=O) groups excluding carboxylic acids is 1. The van der Waals surface area contributed by atoms with Crippen LogP contribution in [0.3, 0.4) is 0 Å². The fraction of sp³-hybridized carbons (Fsp3) is 0.545. The quantitative estimate of drug-likeness (QED) is 0.751. The number of furan rings is 1. The van der Waals surface area contributed by atoms with Gasteiger partial charge in [-0.1, -0.05) is 6.92 Å². The molecule has 0 aliphatic carbocycles. The second kappa shape index (κ2) is 7.30. The second-order valence-electron chi connectivity index (χ2n) is 3.33. The SMILES string of the molecule is CCCOCCCNC(=O)c1ccoc1Cl. The van der Waals surface area contributed by atoms with Crippen molar-refractivity contribution < 1.29 is 13.9 Å². The Hall–Kier alpha value is -1.00. The van der Waals surface area contributed by atoms with E-state index in [2.05, 4.69) is 12.2 Å². The van der Waals surface area contributed by atoms with Crippen molar-refractivity contribution in [1.29, 1.82) is 0 Å². The molecule has 0 aliphatic rings. The Balaban J connectivity index is 2.14. The first-order chi connectivity index (χ1) is 7.75. The fourth-order valence-electron chi connectivity index (χ4n) is 1.17. The molecule has 0 spiro atoms. The summed E-state index contributed by atoms with van der Waals surface area (Å²) in [5.41, 5.74) is 0.371. The third-order valence-electron chi connectivity index (χ3n) is 1.96. The van der Waals surface area contributed by atoms with Gasteiger partial charge in [0.2, 0.25) is 5.22 Å². The maximum Gasteiger partial charge on any atom is 0.256 e. The largest absolute Gasteiger partial charge is 0.452 e. The van der Waals surface area contributed by atoms with Gasteiger partial charge in [-0.2, -0.15) is 0 Å². The van der Waals surface area contributed by atoms with Gasteiger partial charge in [0.05, 0.1) is 11.8 Å². The lowest BCUT2D eigenvalue weighted by Crippen LogP contribution is -2.25. The molecule has 4 nitrogen and oxygen atoms in total. The first kappa shape index (κ1) is 13.1. The molecule has 1 aromatic rings. The number of carbonyl (C=O) groups is 1. The van der Waals surface area contributed by atoms with Crippen molar-refractivity contribution in [2.24, 2.45) is 0 Å². The molecule has 0 radical (unpaired) electrons. The van der Waals surface area contributed by atoms with Crippen LogP contribution in [0.4, 0.5) is 0 Å². The number of ether oxygens (including phenoxy) is 1. The molecule has 16 heavy (non-hydrogen) atoms. The van der Waals surface area contributed by atoms with E-state index in [-0.39, 0.29) is 11.1 Å². The summed E-state index contributed by atoms with van der Waals surface area (Å²) in [6.45, 7) is 4.06. The van der Waals surface area contributed by atoms with Gasteiger partial charge in [0, 0.05) is 19.8 Å². The molecule has 1 N–H and O–H groups in total. The molecule has 1 heterocycles. The van der Waals surface area contributed by atoms with E-state index in [0.717, 1.165) is 19.4 Å². The lowest BCUT2D eigenvalue weighted by atomic mass is 10.3. The summed E-state index contributed by atoms with van der Waals surface area (Å²) >= 11 is 5.66. The molecule has 0 unspecified atom stereocenters. The maximum absolute atomic E-state index is 11.5. The van der Waals surface area contributed by atoms with Crippen LogP contribution in [0.2, 0.25) is 5.22 Å². The van der Waals surface area contributed by atoms with E-state index in [4.69, 9.17) is 20.8 Å². The molecule has 0 aromatic carbocycles. The van der Waals surface area contributed by atoms with Crippen LogP contribution in [0.25, 0.3) is 0 Å². The van der Waals surface area contributed by atoms with E-state index in [1.54, 1.807) is 6.07 Å². The molecule has 1 rings (SSSR count). The Morgan fingerprint density at radius 3 is 3.00 bits per heavy atom. The van der Waals surface area contributed by atoms with E-state index < -0.39 is 0 Å². The van der Waals surface area contributed by atoms with Crippen LogP contribution in [-0.2, 0) is 4.74 Å². The van der Waals surface area contributed by atoms with Crippen LogP contribution in [0, 0.1) is 0 Å². The molecular weight excluding hydrogens is 230 g/mol. The Bertz CT molecular complexity index is 325. The van der Waals surface area contributed by atoms with Crippen molar-refractivity contribution >= 4 is 17.5 Å². The maximum atomic E-state index is 11.5. The van der Waals surface area contributed by atoms with Crippen LogP contribution in [0.1, 0.15) is 30.1 Å². The second-order valence-corrected chi connectivity index (χ2v) is 3.67. The van der Waals surface area contributed by atoms with Crippen molar-refractivity contribution in [3.63, 3.8) is 0 Å². The molecule has 0 atom stereocenters. The average molecular weight is 246 g/mol. The highest BCUT2D eigenvalue weighted by Crippen LogP contribution is 2.15. The molecule has 1 aromatic heterocycles. The van der Waals surface area contributed by atoms with E-state index in [1.807, 2.05) is 0 Å². The Labute approximate surface area is 99.9 Å². The average Bonchev–Trinajstić information content (AvgIpc) is 2.69. The van der Waals surface area contributed by atoms with Gasteiger partial charge in [0.15, 0.2) is 0 Å². The molecule has 0 fully saturated rings. The smallest absolute Gasteiger partial charge is 0.256 e. The van der Waals surface area contributed by atoms with Crippen LogP contribution >= 0.6 is 11.6 Å². The van der Waals surface area contributed by atoms with Gasteiger partial charge in [-0.3, -0.25) is 4.79 Å². The van der Waals surface area contributed by atoms with Gasteiger partial charge in [-0.15, -0.1) is 0 Å². The Kier molecular flexibility index (Phi) is 5.96. The van der Waals surface area contributed by atoms with E-state index in [1.165, 1.54) is 6.26 Å². The standard InChI is InChI=1S/C11H16ClNO3/c1-2-6-15-7-3-5-13-11(14)9-4-8-16-10(9)12/h4,8H,2-3,5-7H2,1H3,(H,13,14). The predicted molar refractivity (Wildman–Crippen MR) is 61.8 cm³/mol. The van der Waals surface area contributed by atoms with Gasteiger partial charge in [-0.25, -0.2) is 0 Å². The zero-order chi connectivity index (χ0) is 11.8. The van der Waals surface area contributed by atoms with Crippen LogP contribution in [-0.4, -0.2) is 25.7 Å². The third kappa shape index (κ3) is 4.24. The van der Waals surface area contributed by atoms with Gasteiger partial charge >= 0.3 is 0 Å². The summed E-state index contributed by atoms with van der Waals surface area (Å²) in [7, 11) is 0. The van der Waals surface area contributed by atoms with Crippen molar-refractivity contribution in [2.45, 2.75) is 19.8 Å². The van der Waals surface area contributed by atoms with Crippen LogP contribution in [0.15, 0.2) is 16.7 Å². The minimum atomic E-state index is -0.214. The minimum Gasteiger partial charge on any atom is -0.452 e. The lowest BCUT2D eigenvalue weighted by molar-refractivity contribution is 0.0941. The predicted octanol–water partition coefficient (Wildman–Crippen LogP) is 2.48. The lowest BCUT2D eigenvalue weighted by Gasteiger charge is -2.04. The normalized spacial score (nSPS) is 10.4. The molecular formula is C11H16ClNO3. The van der Waals surface area contributed by atoms with Crippen molar-refractivity contribution in [2.75, 3.05) is 19.8 Å². The van der Waals surface area contributed by atoms with Gasteiger partial charge < -0.3 is 14.5 Å². The highest BCUT2D eigenvalue weighted by Gasteiger charge is 2.11. The van der Waals surface area contributed by atoms with Crippen molar-refractivity contribution in [3.05, 3.63) is 23.1 Å². The number of nitrogens with one attached hydrogen (secondary N) is 1. The first-order valence-electron chi connectivity index (χ1n) is 5.34. The van der Waals surface area contributed by atoms with E-state index in [0.29, 0.717) is 18.7 Å². The molecule has 5 heteroatoms. The summed E-state index contributed by atoms with van der Waals surface area (Å²) in [5, 5.41) is 2.86. The minimum absolute atomic E-state index is 0.125. The zero-order valence-corrected chi connectivity index (χ0v) is 10.0. The summed E-state index contributed by atoms with van der Waals surface area (Å²) in [6.07, 6.45) is 3.19. The van der Waals surface area contributed by atoms with E-state index in [9.17, 15) is 4.79 Å². The Morgan fingerprint density at radius 2 is 2.38 bits per heavy atom. The number of hydrogen-bond acceptors (Lipinski definition) is 3. The summed E-state index contributed by atoms with van der Waals surface area (Å²) in [6, 6.07) is 1.55. The number of rotatable bonds is 7. The van der Waals surface area contributed by atoms with Gasteiger partial charge in [-0.05, 0) is 30.5 Å². The van der Waals surface area contributed by atoms with Crippen molar-refractivity contribution in [1.82, 2.24) is 5.32 Å².